The number of nitrogens with zero attached hydrogens (tertiary/aromatic N) is 3. The monoisotopic (exact) mass is 449 g/mol. The van der Waals surface area contributed by atoms with Crippen molar-refractivity contribution in [1.82, 2.24) is 9.97 Å². The van der Waals surface area contributed by atoms with Gasteiger partial charge in [0.05, 0.1) is 6.07 Å². The van der Waals surface area contributed by atoms with E-state index in [1.54, 1.807) is 19.1 Å². The van der Waals surface area contributed by atoms with Crippen LogP contribution in [0, 0.1) is 16.7 Å². The van der Waals surface area contributed by atoms with Gasteiger partial charge in [-0.2, -0.15) is 5.26 Å². The lowest BCUT2D eigenvalue weighted by Gasteiger charge is -2.19. The van der Waals surface area contributed by atoms with Gasteiger partial charge in [-0.05, 0) is 56.0 Å². The van der Waals surface area contributed by atoms with Gasteiger partial charge < -0.3 is 4.74 Å². The molecule has 2 rings (SSSR count). The van der Waals surface area contributed by atoms with E-state index in [0.717, 1.165) is 36.8 Å². The van der Waals surface area contributed by atoms with Gasteiger partial charge in [-0.25, -0.2) is 14.8 Å². The van der Waals surface area contributed by atoms with Crippen LogP contribution in [-0.2, 0) is 11.2 Å². The van der Waals surface area contributed by atoms with Crippen molar-refractivity contribution < 1.29 is 9.53 Å². The summed E-state index contributed by atoms with van der Waals surface area (Å²) in [4.78, 5) is 21.6. The van der Waals surface area contributed by atoms with Gasteiger partial charge in [0.25, 0.3) is 0 Å². The molecular weight excluding hydrogens is 410 g/mol. The third-order valence-electron chi connectivity index (χ3n) is 6.07. The zero-order valence-electron chi connectivity index (χ0n) is 20.6. The highest BCUT2D eigenvalue weighted by Gasteiger charge is 2.35. The quantitative estimate of drug-likeness (QED) is 0.160. The van der Waals surface area contributed by atoms with Crippen LogP contribution in [0.4, 0.5) is 0 Å². The highest BCUT2D eigenvalue weighted by molar-refractivity contribution is 5.81. The first-order valence-corrected chi connectivity index (χ1v) is 12.6. The van der Waals surface area contributed by atoms with Gasteiger partial charge in [-0.3, -0.25) is 0 Å². The molecule has 0 aliphatic heterocycles. The van der Waals surface area contributed by atoms with Crippen molar-refractivity contribution in [3.8, 4) is 23.2 Å². The minimum Gasteiger partial charge on any atom is -0.425 e. The Hall–Kier alpha value is -2.74. The Kier molecular flexibility index (Phi) is 11.6. The van der Waals surface area contributed by atoms with Crippen molar-refractivity contribution in [2.45, 2.75) is 97.8 Å². The third kappa shape index (κ3) is 8.96. The average molecular weight is 450 g/mol. The summed E-state index contributed by atoms with van der Waals surface area (Å²) in [6, 6.07) is 9.28. The highest BCUT2D eigenvalue weighted by atomic mass is 16.5. The van der Waals surface area contributed by atoms with Gasteiger partial charge in [-0.1, -0.05) is 71.6 Å². The minimum atomic E-state index is -1.12. The molecule has 1 atom stereocenters. The number of aryl methyl sites for hydroxylation is 1. The van der Waals surface area contributed by atoms with Gasteiger partial charge >= 0.3 is 5.97 Å². The van der Waals surface area contributed by atoms with Crippen molar-refractivity contribution >= 4 is 5.97 Å². The number of carbonyl (C=O) groups excluding carboxylic acids is 1. The van der Waals surface area contributed by atoms with Crippen molar-refractivity contribution in [2.24, 2.45) is 5.41 Å². The molecule has 0 aliphatic rings. The van der Waals surface area contributed by atoms with Crippen molar-refractivity contribution in [1.29, 1.82) is 5.26 Å². The zero-order chi connectivity index (χ0) is 23.9. The van der Waals surface area contributed by atoms with E-state index in [2.05, 4.69) is 29.9 Å². The number of hydrogen-bond donors (Lipinski definition) is 0. The van der Waals surface area contributed by atoms with Gasteiger partial charge in [-0.15, -0.1) is 0 Å². The fraction of sp³-hybridized carbons (Fsp3) is 0.571. The van der Waals surface area contributed by atoms with E-state index in [-0.39, 0.29) is 0 Å². The molecule has 0 N–H and O–H groups in total. The maximum atomic E-state index is 12.6. The third-order valence-corrected chi connectivity index (χ3v) is 6.07. The number of nitriles is 1. The van der Waals surface area contributed by atoms with E-state index < -0.39 is 11.4 Å². The van der Waals surface area contributed by atoms with E-state index in [1.165, 1.54) is 44.9 Å². The second kappa shape index (κ2) is 14.4. The van der Waals surface area contributed by atoms with Crippen LogP contribution in [0.15, 0.2) is 36.7 Å². The number of esters is 1. The number of ether oxygens (including phenoxy) is 1. The summed E-state index contributed by atoms with van der Waals surface area (Å²) in [6.07, 6.45) is 17.3. The molecule has 1 unspecified atom stereocenters. The molecule has 0 amide bonds. The number of aromatic nitrogens is 2. The SMILES string of the molecule is CCCCCCCCCc1cnc(-c2ccc(OC(=O)C(C)(C#N)CCCCC)cc2)nc1. The average Bonchev–Trinajstić information content (AvgIpc) is 2.84. The molecule has 5 nitrogen and oxygen atoms in total. The van der Waals surface area contributed by atoms with Crippen LogP contribution < -0.4 is 4.74 Å². The van der Waals surface area contributed by atoms with Gasteiger partial charge in [0.15, 0.2) is 11.2 Å². The van der Waals surface area contributed by atoms with E-state index in [9.17, 15) is 10.1 Å². The molecule has 0 bridgehead atoms. The summed E-state index contributed by atoms with van der Waals surface area (Å²) < 4.78 is 5.49. The predicted molar refractivity (Wildman–Crippen MR) is 133 cm³/mol. The largest absolute Gasteiger partial charge is 0.425 e. The van der Waals surface area contributed by atoms with E-state index in [1.807, 2.05) is 24.5 Å². The summed E-state index contributed by atoms with van der Waals surface area (Å²) in [5.74, 6) is 0.578. The zero-order valence-corrected chi connectivity index (χ0v) is 20.6. The summed E-state index contributed by atoms with van der Waals surface area (Å²) >= 11 is 0. The van der Waals surface area contributed by atoms with Gasteiger partial charge in [0.2, 0.25) is 0 Å². The summed E-state index contributed by atoms with van der Waals surface area (Å²) in [5.41, 5.74) is 0.905. The standard InChI is InChI=1S/C28H39N3O2/c1-4-6-8-9-10-11-12-14-23-20-30-26(31-21-23)24-15-17-25(18-16-24)33-27(32)28(3,22-29)19-13-7-5-2/h15-18,20-21H,4-14,19H2,1-3H3. The van der Waals surface area contributed by atoms with Crippen LogP contribution in [0.5, 0.6) is 5.75 Å². The predicted octanol–water partition coefficient (Wildman–Crippen LogP) is 7.45. The lowest BCUT2D eigenvalue weighted by Crippen LogP contribution is -2.30. The Balaban J connectivity index is 1.85. The number of hydrogen-bond acceptors (Lipinski definition) is 5. The molecule has 0 saturated heterocycles. The second-order valence-corrected chi connectivity index (χ2v) is 9.10. The van der Waals surface area contributed by atoms with Crippen LogP contribution in [0.1, 0.15) is 97.0 Å². The maximum absolute atomic E-state index is 12.6. The Bertz CT molecular complexity index is 872. The number of carbonyl (C=O) groups is 1. The summed E-state index contributed by atoms with van der Waals surface area (Å²) in [7, 11) is 0. The van der Waals surface area contributed by atoms with Crippen LogP contribution in [0.3, 0.4) is 0 Å². The maximum Gasteiger partial charge on any atom is 0.331 e. The first-order valence-electron chi connectivity index (χ1n) is 12.6. The molecule has 1 aromatic heterocycles. The summed E-state index contributed by atoms with van der Waals surface area (Å²) in [5, 5.41) is 9.49. The fourth-order valence-electron chi connectivity index (χ4n) is 3.74. The van der Waals surface area contributed by atoms with E-state index in [0.29, 0.717) is 18.0 Å². The Labute approximate surface area is 199 Å². The lowest BCUT2D eigenvalue weighted by atomic mass is 9.86. The number of benzene rings is 1. The lowest BCUT2D eigenvalue weighted by molar-refractivity contribution is -0.142. The molecule has 178 valence electrons. The Morgan fingerprint density at radius 3 is 2.09 bits per heavy atom. The molecule has 1 aromatic carbocycles. The Morgan fingerprint density at radius 2 is 1.48 bits per heavy atom. The van der Waals surface area contributed by atoms with E-state index >= 15 is 0 Å². The molecule has 33 heavy (non-hydrogen) atoms. The molecule has 0 spiro atoms. The molecule has 2 aromatic rings. The normalized spacial score (nSPS) is 12.7. The molecule has 1 heterocycles. The second-order valence-electron chi connectivity index (χ2n) is 9.10. The summed E-state index contributed by atoms with van der Waals surface area (Å²) in [6.45, 7) is 5.99. The van der Waals surface area contributed by atoms with Gasteiger partial charge in [0.1, 0.15) is 5.75 Å². The van der Waals surface area contributed by atoms with Crippen molar-refractivity contribution in [2.75, 3.05) is 0 Å². The smallest absolute Gasteiger partial charge is 0.331 e. The topological polar surface area (TPSA) is 75.9 Å². The van der Waals surface area contributed by atoms with Crippen LogP contribution in [-0.4, -0.2) is 15.9 Å². The minimum absolute atomic E-state index is 0.427. The number of rotatable bonds is 15. The molecule has 5 heteroatoms. The van der Waals surface area contributed by atoms with Gasteiger partial charge in [0, 0.05) is 18.0 Å². The van der Waals surface area contributed by atoms with Crippen LogP contribution in [0.2, 0.25) is 0 Å². The van der Waals surface area contributed by atoms with Crippen molar-refractivity contribution in [3.63, 3.8) is 0 Å². The molecule has 0 fully saturated rings. The van der Waals surface area contributed by atoms with Crippen molar-refractivity contribution in [3.05, 3.63) is 42.2 Å². The molecular formula is C28H39N3O2. The Morgan fingerprint density at radius 1 is 0.909 bits per heavy atom. The number of unbranched alkanes of at least 4 members (excludes halogenated alkanes) is 8. The van der Waals surface area contributed by atoms with Crippen LogP contribution >= 0.6 is 0 Å². The molecule has 0 radical (unpaired) electrons. The first kappa shape index (κ1) is 26.5. The molecule has 0 saturated carbocycles. The fourth-order valence-corrected chi connectivity index (χ4v) is 3.74. The van der Waals surface area contributed by atoms with E-state index in [4.69, 9.17) is 4.74 Å². The molecule has 0 aliphatic carbocycles. The first-order chi connectivity index (χ1) is 16.0. The highest BCUT2D eigenvalue weighted by Crippen LogP contribution is 2.27. The van der Waals surface area contributed by atoms with Crippen LogP contribution in [0.25, 0.3) is 11.4 Å².